The summed E-state index contributed by atoms with van der Waals surface area (Å²) in [6.07, 6.45) is 2.81. The second-order valence-electron chi connectivity index (χ2n) is 7.95. The third-order valence-electron chi connectivity index (χ3n) is 6.67. The number of piperidine rings is 1. The predicted molar refractivity (Wildman–Crippen MR) is 104 cm³/mol. The van der Waals surface area contributed by atoms with Crippen molar-refractivity contribution in [3.63, 3.8) is 0 Å². The molecule has 0 N–H and O–H groups in total. The van der Waals surface area contributed by atoms with E-state index >= 15 is 0 Å². The van der Waals surface area contributed by atoms with Gasteiger partial charge in [0.25, 0.3) is 0 Å². The van der Waals surface area contributed by atoms with Gasteiger partial charge < -0.3 is 23.8 Å². The number of carbonyl (C=O) groups excluding carboxylic acids is 3. The summed E-state index contributed by atoms with van der Waals surface area (Å²) in [5, 5.41) is 0. The first kappa shape index (κ1) is 19.0. The highest BCUT2D eigenvalue weighted by Gasteiger charge is 2.65. The number of hydrogen-bond acceptors (Lipinski definition) is 7. The molecule has 0 radical (unpaired) electrons. The number of benzene rings is 1. The van der Waals surface area contributed by atoms with Crippen LogP contribution < -0.4 is 9.47 Å². The van der Waals surface area contributed by atoms with E-state index in [4.69, 9.17) is 18.9 Å². The van der Waals surface area contributed by atoms with Crippen LogP contribution in [0, 0.1) is 5.92 Å². The Hall–Kier alpha value is -3.03. The molecule has 8 heteroatoms. The van der Waals surface area contributed by atoms with Crippen LogP contribution in [0.25, 0.3) is 0 Å². The van der Waals surface area contributed by atoms with E-state index in [0.717, 1.165) is 11.1 Å². The van der Waals surface area contributed by atoms with Crippen LogP contribution in [0.4, 0.5) is 9.59 Å². The Morgan fingerprint density at radius 1 is 1.23 bits per heavy atom. The third-order valence-corrected chi connectivity index (χ3v) is 6.67. The summed E-state index contributed by atoms with van der Waals surface area (Å²) in [4.78, 5) is 39.1. The van der Waals surface area contributed by atoms with Gasteiger partial charge in [0.05, 0.1) is 18.6 Å². The highest BCUT2D eigenvalue weighted by Crippen LogP contribution is 2.62. The SMILES string of the molecule is CCOC(=O)Oc1ccc2c3c1O[C@H]1C(=O)C=C[C@H]4[C@@H](C2)N(C(=O)OCC)CC[C@]314. The summed E-state index contributed by atoms with van der Waals surface area (Å²) in [5.74, 6) is 0.509. The highest BCUT2D eigenvalue weighted by molar-refractivity contribution is 5.98. The molecule has 30 heavy (non-hydrogen) atoms. The van der Waals surface area contributed by atoms with Gasteiger partial charge in [-0.2, -0.15) is 0 Å². The minimum absolute atomic E-state index is 0.0788. The van der Waals surface area contributed by atoms with Crippen molar-refractivity contribution in [2.75, 3.05) is 19.8 Å². The average Bonchev–Trinajstić information content (AvgIpc) is 3.06. The molecule has 2 bridgehead atoms. The fraction of sp³-hybridized carbons (Fsp3) is 0.500. The summed E-state index contributed by atoms with van der Waals surface area (Å²) >= 11 is 0. The van der Waals surface area contributed by atoms with Crippen LogP contribution in [0.1, 0.15) is 31.4 Å². The molecule has 0 aromatic heterocycles. The van der Waals surface area contributed by atoms with Crippen LogP contribution in [0.2, 0.25) is 0 Å². The lowest BCUT2D eigenvalue weighted by Crippen LogP contribution is -2.65. The van der Waals surface area contributed by atoms with E-state index in [1.54, 1.807) is 30.9 Å². The van der Waals surface area contributed by atoms with E-state index in [1.165, 1.54) is 0 Å². The van der Waals surface area contributed by atoms with Gasteiger partial charge in [0.1, 0.15) is 0 Å². The van der Waals surface area contributed by atoms with Gasteiger partial charge in [-0.3, -0.25) is 4.79 Å². The lowest BCUT2D eigenvalue weighted by molar-refractivity contribution is -0.127. The van der Waals surface area contributed by atoms with Gasteiger partial charge in [-0.05, 0) is 44.4 Å². The zero-order chi connectivity index (χ0) is 21.0. The normalized spacial score (nSPS) is 29.7. The summed E-state index contributed by atoms with van der Waals surface area (Å²) < 4.78 is 21.7. The number of carbonyl (C=O) groups is 3. The molecule has 1 spiro atoms. The monoisotopic (exact) mass is 413 g/mol. The maximum Gasteiger partial charge on any atom is 0.513 e. The lowest BCUT2D eigenvalue weighted by Gasteiger charge is -2.55. The van der Waals surface area contributed by atoms with Crippen LogP contribution in [0.3, 0.4) is 0 Å². The molecular weight excluding hydrogens is 390 g/mol. The van der Waals surface area contributed by atoms with E-state index in [0.29, 0.717) is 31.7 Å². The first-order chi connectivity index (χ1) is 14.5. The summed E-state index contributed by atoms with van der Waals surface area (Å²) in [6.45, 7) is 4.47. The third kappa shape index (κ3) is 2.42. The average molecular weight is 413 g/mol. The van der Waals surface area contributed by atoms with Crippen LogP contribution in [-0.2, 0) is 26.1 Å². The molecule has 1 aromatic rings. The fourth-order valence-corrected chi connectivity index (χ4v) is 5.64. The predicted octanol–water partition coefficient (Wildman–Crippen LogP) is 2.76. The summed E-state index contributed by atoms with van der Waals surface area (Å²) in [7, 11) is 0. The highest BCUT2D eigenvalue weighted by atomic mass is 16.7. The van der Waals surface area contributed by atoms with Gasteiger partial charge >= 0.3 is 12.2 Å². The number of ketones is 1. The minimum Gasteiger partial charge on any atom is -0.477 e. The zero-order valence-electron chi connectivity index (χ0n) is 16.9. The Bertz CT molecular complexity index is 970. The first-order valence-corrected chi connectivity index (χ1v) is 10.3. The van der Waals surface area contributed by atoms with Crippen molar-refractivity contribution in [2.24, 2.45) is 5.92 Å². The maximum atomic E-state index is 12.8. The largest absolute Gasteiger partial charge is 0.513 e. The standard InChI is InChI=1S/C22H23NO7/c1-3-27-20(25)23-10-9-22-13-6-7-15(24)19(22)30-18-16(29-21(26)28-4-2)8-5-12(17(18)22)11-14(13)23/h5-8,13-14,19H,3-4,9-11H2,1-2H3/t13-,14+,19-,22-/m0/s1. The number of hydrogen-bond donors (Lipinski definition) is 0. The summed E-state index contributed by atoms with van der Waals surface area (Å²) in [5.41, 5.74) is 1.36. The van der Waals surface area contributed by atoms with Crippen molar-refractivity contribution in [3.8, 4) is 11.5 Å². The molecule has 2 aliphatic heterocycles. The smallest absolute Gasteiger partial charge is 0.477 e. The Kier molecular flexibility index (Phi) is 4.27. The molecule has 1 saturated heterocycles. The van der Waals surface area contributed by atoms with Crippen molar-refractivity contribution in [3.05, 3.63) is 35.4 Å². The molecule has 0 unspecified atom stereocenters. The molecule has 1 fully saturated rings. The van der Waals surface area contributed by atoms with Crippen molar-refractivity contribution < 1.29 is 33.3 Å². The number of nitrogens with zero attached hydrogens (tertiary/aromatic N) is 1. The molecule has 2 heterocycles. The number of amides is 1. The molecule has 1 aromatic carbocycles. The quantitative estimate of drug-likeness (QED) is 0.556. The van der Waals surface area contributed by atoms with Gasteiger partial charge in [0.15, 0.2) is 23.4 Å². The molecule has 158 valence electrons. The fourth-order valence-electron chi connectivity index (χ4n) is 5.64. The van der Waals surface area contributed by atoms with Crippen molar-refractivity contribution >= 4 is 18.0 Å². The Morgan fingerprint density at radius 2 is 2.03 bits per heavy atom. The molecule has 4 atom stereocenters. The second-order valence-corrected chi connectivity index (χ2v) is 7.95. The van der Waals surface area contributed by atoms with Crippen LogP contribution >= 0.6 is 0 Å². The Labute approximate surface area is 173 Å². The van der Waals surface area contributed by atoms with E-state index in [-0.39, 0.29) is 36.2 Å². The molecule has 8 nitrogen and oxygen atoms in total. The van der Waals surface area contributed by atoms with E-state index in [2.05, 4.69) is 0 Å². The van der Waals surface area contributed by atoms with Crippen molar-refractivity contribution in [1.82, 2.24) is 4.90 Å². The van der Waals surface area contributed by atoms with E-state index < -0.39 is 17.7 Å². The van der Waals surface area contributed by atoms with Gasteiger partial charge in [-0.15, -0.1) is 0 Å². The Balaban J connectivity index is 1.62. The van der Waals surface area contributed by atoms with Gasteiger partial charge in [0, 0.05) is 24.1 Å². The van der Waals surface area contributed by atoms with Crippen molar-refractivity contribution in [1.29, 1.82) is 0 Å². The van der Waals surface area contributed by atoms with E-state index in [9.17, 15) is 14.4 Å². The molecule has 5 rings (SSSR count). The van der Waals surface area contributed by atoms with Crippen LogP contribution in [-0.4, -0.2) is 54.8 Å². The molecule has 1 amide bonds. The number of likely N-dealkylation sites (tertiary alicyclic amines) is 1. The second kappa shape index (κ2) is 6.75. The van der Waals surface area contributed by atoms with Gasteiger partial charge in [0.2, 0.25) is 0 Å². The Morgan fingerprint density at radius 3 is 2.80 bits per heavy atom. The molecule has 0 saturated carbocycles. The zero-order valence-corrected chi connectivity index (χ0v) is 16.9. The maximum absolute atomic E-state index is 12.8. The summed E-state index contributed by atoms with van der Waals surface area (Å²) in [6, 6.07) is 3.44. The lowest BCUT2D eigenvalue weighted by atomic mass is 9.53. The van der Waals surface area contributed by atoms with Crippen molar-refractivity contribution in [2.45, 2.75) is 44.2 Å². The van der Waals surface area contributed by atoms with Gasteiger partial charge in [-0.25, -0.2) is 9.59 Å². The minimum atomic E-state index is -0.809. The topological polar surface area (TPSA) is 91.4 Å². The number of ether oxygens (including phenoxy) is 4. The molecule has 2 aliphatic carbocycles. The number of rotatable bonds is 3. The first-order valence-electron chi connectivity index (χ1n) is 10.3. The molecular formula is C22H23NO7. The molecule has 4 aliphatic rings. The van der Waals surface area contributed by atoms with Crippen LogP contribution in [0.15, 0.2) is 24.3 Å². The van der Waals surface area contributed by atoms with Crippen LogP contribution in [0.5, 0.6) is 11.5 Å². The van der Waals surface area contributed by atoms with E-state index in [1.807, 2.05) is 12.1 Å². The van der Waals surface area contributed by atoms with Gasteiger partial charge in [-0.1, -0.05) is 12.1 Å².